The van der Waals surface area contributed by atoms with Crippen LogP contribution in [0.15, 0.2) is 54.6 Å². The maximum Gasteiger partial charge on any atom is 0.226 e. The molecule has 2 N–H and O–H groups in total. The summed E-state index contributed by atoms with van der Waals surface area (Å²) in [7, 11) is 0. The summed E-state index contributed by atoms with van der Waals surface area (Å²) in [5.74, 6) is 1.64. The number of carbonyl (C=O) groups excluding carboxylic acids is 1. The van der Waals surface area contributed by atoms with Crippen LogP contribution in [0.25, 0.3) is 0 Å². The number of carbonyl (C=O) groups is 1. The fourth-order valence-electron chi connectivity index (χ4n) is 3.83. The normalized spacial score (nSPS) is 25.0. The average Bonchev–Trinajstić information content (AvgIpc) is 3.48. The first-order valence-electron chi connectivity index (χ1n) is 9.52. The first-order chi connectivity index (χ1) is 12.7. The number of ether oxygens (including phenoxy) is 1. The Labute approximate surface area is 155 Å². The van der Waals surface area contributed by atoms with E-state index in [0.29, 0.717) is 19.1 Å². The number of likely N-dealkylation sites (tertiary alicyclic amines) is 1. The molecule has 0 bridgehead atoms. The van der Waals surface area contributed by atoms with Gasteiger partial charge in [0.15, 0.2) is 0 Å². The van der Waals surface area contributed by atoms with Crippen LogP contribution in [0.1, 0.15) is 36.3 Å². The van der Waals surface area contributed by atoms with Gasteiger partial charge in [-0.25, -0.2) is 0 Å². The molecule has 2 aromatic carbocycles. The Balaban J connectivity index is 1.31. The van der Waals surface area contributed by atoms with E-state index >= 15 is 0 Å². The zero-order valence-electron chi connectivity index (χ0n) is 15.0. The summed E-state index contributed by atoms with van der Waals surface area (Å²) < 4.78 is 5.84. The third kappa shape index (κ3) is 3.91. The number of piperidine rings is 1. The SMILES string of the molecule is NC1CCCN(C(=O)C2CC2c2ccc(OCc3ccccc3)cc2)C1. The van der Waals surface area contributed by atoms with Crippen LogP contribution in [-0.4, -0.2) is 29.9 Å². The summed E-state index contributed by atoms with van der Waals surface area (Å²) in [5, 5.41) is 0. The van der Waals surface area contributed by atoms with Gasteiger partial charge >= 0.3 is 0 Å². The maximum absolute atomic E-state index is 12.7. The Bertz CT molecular complexity index is 744. The summed E-state index contributed by atoms with van der Waals surface area (Å²) in [5.41, 5.74) is 8.40. The van der Waals surface area contributed by atoms with Gasteiger partial charge in [-0.3, -0.25) is 4.79 Å². The molecule has 0 spiro atoms. The van der Waals surface area contributed by atoms with Gasteiger partial charge in [-0.05, 0) is 48.4 Å². The van der Waals surface area contributed by atoms with Crippen molar-refractivity contribution >= 4 is 5.91 Å². The predicted octanol–water partition coefficient (Wildman–Crippen LogP) is 3.32. The van der Waals surface area contributed by atoms with E-state index in [0.717, 1.165) is 37.1 Å². The van der Waals surface area contributed by atoms with E-state index in [1.54, 1.807) is 0 Å². The Hall–Kier alpha value is -2.33. The molecular formula is C22H26N2O2. The molecule has 1 heterocycles. The van der Waals surface area contributed by atoms with E-state index in [1.807, 2.05) is 35.2 Å². The summed E-state index contributed by atoms with van der Waals surface area (Å²) in [6, 6.07) is 18.5. The maximum atomic E-state index is 12.7. The van der Waals surface area contributed by atoms with Gasteiger partial charge in [0.1, 0.15) is 12.4 Å². The highest BCUT2D eigenvalue weighted by atomic mass is 16.5. The van der Waals surface area contributed by atoms with Crippen LogP contribution in [0.4, 0.5) is 0 Å². The summed E-state index contributed by atoms with van der Waals surface area (Å²) in [6.45, 7) is 2.15. The van der Waals surface area contributed by atoms with Gasteiger partial charge in [-0.1, -0.05) is 42.5 Å². The highest BCUT2D eigenvalue weighted by molar-refractivity contribution is 5.83. The number of nitrogens with zero attached hydrogens (tertiary/aromatic N) is 1. The second-order valence-corrected chi connectivity index (χ2v) is 7.48. The van der Waals surface area contributed by atoms with Crippen LogP contribution < -0.4 is 10.5 Å². The van der Waals surface area contributed by atoms with Crippen LogP contribution in [0.2, 0.25) is 0 Å². The molecule has 26 heavy (non-hydrogen) atoms. The first-order valence-corrected chi connectivity index (χ1v) is 9.52. The number of amides is 1. The van der Waals surface area contributed by atoms with Crippen molar-refractivity contribution in [3.05, 3.63) is 65.7 Å². The highest BCUT2D eigenvalue weighted by Gasteiger charge is 2.46. The summed E-state index contributed by atoms with van der Waals surface area (Å²) in [6.07, 6.45) is 3.01. The second kappa shape index (κ2) is 7.50. The molecule has 136 valence electrons. The smallest absolute Gasteiger partial charge is 0.226 e. The first kappa shape index (κ1) is 17.1. The molecule has 1 aliphatic heterocycles. The van der Waals surface area contributed by atoms with Gasteiger partial charge in [0.25, 0.3) is 0 Å². The van der Waals surface area contributed by atoms with E-state index < -0.39 is 0 Å². The molecule has 4 nitrogen and oxygen atoms in total. The van der Waals surface area contributed by atoms with Crippen LogP contribution in [0.3, 0.4) is 0 Å². The number of rotatable bonds is 5. The van der Waals surface area contributed by atoms with E-state index in [-0.39, 0.29) is 17.9 Å². The molecule has 1 saturated heterocycles. The van der Waals surface area contributed by atoms with Crippen LogP contribution in [-0.2, 0) is 11.4 Å². The van der Waals surface area contributed by atoms with Gasteiger partial charge < -0.3 is 15.4 Å². The monoisotopic (exact) mass is 350 g/mol. The molecule has 2 aliphatic rings. The lowest BCUT2D eigenvalue weighted by molar-refractivity contribution is -0.133. The molecule has 1 saturated carbocycles. The molecule has 3 atom stereocenters. The van der Waals surface area contributed by atoms with Crippen molar-refractivity contribution in [3.8, 4) is 5.75 Å². The molecule has 0 radical (unpaired) electrons. The minimum Gasteiger partial charge on any atom is -0.489 e. The number of benzene rings is 2. The molecule has 2 fully saturated rings. The highest BCUT2D eigenvalue weighted by Crippen LogP contribution is 2.48. The van der Waals surface area contributed by atoms with Crippen molar-refractivity contribution < 1.29 is 9.53 Å². The fourth-order valence-corrected chi connectivity index (χ4v) is 3.83. The quantitative estimate of drug-likeness (QED) is 0.900. The molecule has 3 unspecified atom stereocenters. The van der Waals surface area contributed by atoms with Crippen molar-refractivity contribution in [1.29, 1.82) is 0 Å². The largest absolute Gasteiger partial charge is 0.489 e. The van der Waals surface area contributed by atoms with Crippen LogP contribution in [0.5, 0.6) is 5.75 Å². The van der Waals surface area contributed by atoms with Gasteiger partial charge in [0, 0.05) is 25.0 Å². The third-order valence-electron chi connectivity index (χ3n) is 5.43. The minimum atomic E-state index is 0.136. The van der Waals surface area contributed by atoms with E-state index in [4.69, 9.17) is 10.5 Å². The Morgan fingerprint density at radius 1 is 1.12 bits per heavy atom. The van der Waals surface area contributed by atoms with Crippen molar-refractivity contribution in [2.24, 2.45) is 11.7 Å². The second-order valence-electron chi connectivity index (χ2n) is 7.48. The lowest BCUT2D eigenvalue weighted by Crippen LogP contribution is -2.46. The fraction of sp³-hybridized carbons (Fsp3) is 0.409. The van der Waals surface area contributed by atoms with E-state index in [9.17, 15) is 4.79 Å². The molecule has 2 aromatic rings. The Kier molecular flexibility index (Phi) is 4.93. The van der Waals surface area contributed by atoms with Crippen molar-refractivity contribution in [1.82, 2.24) is 4.90 Å². The van der Waals surface area contributed by atoms with E-state index in [1.165, 1.54) is 5.56 Å². The van der Waals surface area contributed by atoms with Gasteiger partial charge in [-0.15, -0.1) is 0 Å². The molecule has 4 heteroatoms. The number of hydrogen-bond donors (Lipinski definition) is 1. The van der Waals surface area contributed by atoms with Crippen LogP contribution >= 0.6 is 0 Å². The van der Waals surface area contributed by atoms with Gasteiger partial charge in [-0.2, -0.15) is 0 Å². The number of nitrogens with two attached hydrogens (primary N) is 1. The standard InChI is InChI=1S/C22H26N2O2/c23-18-7-4-12-24(14-18)22(25)21-13-20(21)17-8-10-19(11-9-17)26-15-16-5-2-1-3-6-16/h1-3,5-6,8-11,18,20-21H,4,7,12-15,23H2. The summed E-state index contributed by atoms with van der Waals surface area (Å²) in [4.78, 5) is 14.6. The average molecular weight is 350 g/mol. The Morgan fingerprint density at radius 2 is 1.88 bits per heavy atom. The molecule has 1 aliphatic carbocycles. The van der Waals surface area contributed by atoms with Crippen LogP contribution in [0, 0.1) is 5.92 Å². The zero-order valence-corrected chi connectivity index (χ0v) is 15.0. The number of hydrogen-bond acceptors (Lipinski definition) is 3. The van der Waals surface area contributed by atoms with Gasteiger partial charge in [0.2, 0.25) is 5.91 Å². The van der Waals surface area contributed by atoms with Crippen molar-refractivity contribution in [3.63, 3.8) is 0 Å². The van der Waals surface area contributed by atoms with Crippen molar-refractivity contribution in [2.75, 3.05) is 13.1 Å². The molecule has 1 amide bonds. The van der Waals surface area contributed by atoms with Crippen molar-refractivity contribution in [2.45, 2.75) is 37.8 Å². The lowest BCUT2D eigenvalue weighted by Gasteiger charge is -2.31. The lowest BCUT2D eigenvalue weighted by atomic mass is 10.0. The Morgan fingerprint density at radius 3 is 2.62 bits per heavy atom. The van der Waals surface area contributed by atoms with Gasteiger partial charge in [0.05, 0.1) is 0 Å². The third-order valence-corrected chi connectivity index (χ3v) is 5.43. The molecule has 0 aromatic heterocycles. The zero-order chi connectivity index (χ0) is 17.9. The topological polar surface area (TPSA) is 55.6 Å². The van der Waals surface area contributed by atoms with E-state index in [2.05, 4.69) is 24.3 Å². The molecule has 4 rings (SSSR count). The minimum absolute atomic E-state index is 0.136. The predicted molar refractivity (Wildman–Crippen MR) is 102 cm³/mol. The summed E-state index contributed by atoms with van der Waals surface area (Å²) >= 11 is 0. The molecular weight excluding hydrogens is 324 g/mol.